The third-order valence-corrected chi connectivity index (χ3v) is 2.23. The molecule has 0 amide bonds. The van der Waals surface area contributed by atoms with E-state index in [2.05, 4.69) is 9.97 Å². The van der Waals surface area contributed by atoms with E-state index in [9.17, 15) is 0 Å². The van der Waals surface area contributed by atoms with E-state index >= 15 is 0 Å². The molecule has 3 nitrogen and oxygen atoms in total. The van der Waals surface area contributed by atoms with Gasteiger partial charge in [0.1, 0.15) is 5.82 Å². The summed E-state index contributed by atoms with van der Waals surface area (Å²) >= 11 is 5.95. The van der Waals surface area contributed by atoms with Crippen molar-refractivity contribution in [1.82, 2.24) is 14.9 Å². The predicted octanol–water partition coefficient (Wildman–Crippen LogP) is 1.81. The fourth-order valence-electron chi connectivity index (χ4n) is 1.13. The molecule has 0 aliphatic carbocycles. The summed E-state index contributed by atoms with van der Waals surface area (Å²) < 4.78 is 0. The van der Waals surface area contributed by atoms with Gasteiger partial charge in [-0.15, -0.1) is 0 Å². The highest BCUT2D eigenvalue weighted by molar-refractivity contribution is 6.31. The third kappa shape index (κ3) is 2.64. The number of rotatable bonds is 2. The van der Waals surface area contributed by atoms with Crippen molar-refractivity contribution in [2.24, 2.45) is 0 Å². The molecule has 1 rings (SSSR count). The standard InChI is InChI=1S/C9H14ClN3/c1-6-9(10)7(2)12-8(11-6)5-13(3)4/h5H2,1-4H3. The molecule has 1 heterocycles. The van der Waals surface area contributed by atoms with Gasteiger partial charge >= 0.3 is 0 Å². The molecule has 0 saturated carbocycles. The Morgan fingerprint density at radius 3 is 2.00 bits per heavy atom. The van der Waals surface area contributed by atoms with Crippen LogP contribution in [0.25, 0.3) is 0 Å². The van der Waals surface area contributed by atoms with Crippen LogP contribution in [0.3, 0.4) is 0 Å². The Balaban J connectivity index is 2.99. The summed E-state index contributed by atoms with van der Waals surface area (Å²) in [6, 6.07) is 0. The molecule has 0 saturated heterocycles. The molecule has 0 aliphatic heterocycles. The highest BCUT2D eigenvalue weighted by atomic mass is 35.5. The maximum Gasteiger partial charge on any atom is 0.142 e. The Morgan fingerprint density at radius 2 is 1.62 bits per heavy atom. The summed E-state index contributed by atoms with van der Waals surface area (Å²) in [6.07, 6.45) is 0. The van der Waals surface area contributed by atoms with Crippen LogP contribution in [0.5, 0.6) is 0 Å². The first-order valence-electron chi connectivity index (χ1n) is 4.15. The summed E-state index contributed by atoms with van der Waals surface area (Å²) in [6.45, 7) is 4.55. The first-order chi connectivity index (χ1) is 6.00. The fraction of sp³-hybridized carbons (Fsp3) is 0.556. The minimum atomic E-state index is 0.669. The summed E-state index contributed by atoms with van der Waals surface area (Å²) in [5, 5.41) is 0.669. The van der Waals surface area contributed by atoms with Gasteiger partial charge in [0, 0.05) is 0 Å². The van der Waals surface area contributed by atoms with Crippen molar-refractivity contribution in [1.29, 1.82) is 0 Å². The predicted molar refractivity (Wildman–Crippen MR) is 53.9 cm³/mol. The van der Waals surface area contributed by atoms with E-state index in [0.29, 0.717) is 5.02 Å². The minimum absolute atomic E-state index is 0.669. The zero-order valence-corrected chi connectivity index (χ0v) is 9.18. The van der Waals surface area contributed by atoms with Gasteiger partial charge in [0.2, 0.25) is 0 Å². The lowest BCUT2D eigenvalue weighted by Gasteiger charge is -2.10. The SMILES string of the molecule is Cc1nc(CN(C)C)nc(C)c1Cl. The lowest BCUT2D eigenvalue weighted by atomic mass is 10.3. The van der Waals surface area contributed by atoms with Crippen molar-refractivity contribution in [3.8, 4) is 0 Å². The van der Waals surface area contributed by atoms with Crippen molar-refractivity contribution in [3.63, 3.8) is 0 Å². The van der Waals surface area contributed by atoms with Crippen molar-refractivity contribution < 1.29 is 0 Å². The van der Waals surface area contributed by atoms with Crippen LogP contribution in [-0.4, -0.2) is 29.0 Å². The smallest absolute Gasteiger partial charge is 0.142 e. The van der Waals surface area contributed by atoms with Gasteiger partial charge < -0.3 is 4.90 Å². The van der Waals surface area contributed by atoms with Crippen LogP contribution in [0, 0.1) is 13.8 Å². The van der Waals surface area contributed by atoms with E-state index < -0.39 is 0 Å². The average molecular weight is 200 g/mol. The van der Waals surface area contributed by atoms with E-state index in [-0.39, 0.29) is 0 Å². The summed E-state index contributed by atoms with van der Waals surface area (Å²) in [4.78, 5) is 10.6. The Bertz CT molecular complexity index is 287. The van der Waals surface area contributed by atoms with E-state index in [1.54, 1.807) is 0 Å². The van der Waals surface area contributed by atoms with E-state index in [1.807, 2.05) is 32.8 Å². The molecule has 0 aliphatic rings. The molecule has 0 radical (unpaired) electrons. The van der Waals surface area contributed by atoms with Crippen LogP contribution < -0.4 is 0 Å². The number of hydrogen-bond donors (Lipinski definition) is 0. The molecule has 0 bridgehead atoms. The highest BCUT2D eigenvalue weighted by Gasteiger charge is 2.06. The fourth-order valence-corrected chi connectivity index (χ4v) is 1.21. The first-order valence-corrected chi connectivity index (χ1v) is 4.53. The van der Waals surface area contributed by atoms with Crippen LogP contribution in [0.15, 0.2) is 0 Å². The quantitative estimate of drug-likeness (QED) is 0.728. The third-order valence-electron chi connectivity index (χ3n) is 1.69. The molecule has 4 heteroatoms. The van der Waals surface area contributed by atoms with E-state index in [4.69, 9.17) is 11.6 Å². The second-order valence-corrected chi connectivity index (χ2v) is 3.74. The number of aromatic nitrogens is 2. The zero-order valence-electron chi connectivity index (χ0n) is 8.43. The minimum Gasteiger partial charge on any atom is -0.302 e. The van der Waals surface area contributed by atoms with Crippen molar-refractivity contribution in [2.45, 2.75) is 20.4 Å². The largest absolute Gasteiger partial charge is 0.302 e. The molecule has 1 aromatic rings. The number of aryl methyl sites for hydroxylation is 2. The Labute approximate surface area is 83.8 Å². The second-order valence-electron chi connectivity index (χ2n) is 3.36. The molecular weight excluding hydrogens is 186 g/mol. The Hall–Kier alpha value is -0.670. The molecule has 0 fully saturated rings. The average Bonchev–Trinajstić information content (AvgIpc) is 1.98. The number of halogens is 1. The van der Waals surface area contributed by atoms with E-state index in [1.165, 1.54) is 0 Å². The monoisotopic (exact) mass is 199 g/mol. The van der Waals surface area contributed by atoms with Crippen molar-refractivity contribution in [3.05, 3.63) is 22.2 Å². The lowest BCUT2D eigenvalue weighted by Crippen LogP contribution is -2.14. The van der Waals surface area contributed by atoms with Gasteiger partial charge in [-0.2, -0.15) is 0 Å². The first kappa shape index (κ1) is 10.4. The number of hydrogen-bond acceptors (Lipinski definition) is 3. The van der Waals surface area contributed by atoms with Gasteiger partial charge in [-0.05, 0) is 27.9 Å². The van der Waals surface area contributed by atoms with Crippen molar-refractivity contribution >= 4 is 11.6 Å². The number of nitrogens with zero attached hydrogens (tertiary/aromatic N) is 3. The Kier molecular flexibility index (Phi) is 3.22. The van der Waals surface area contributed by atoms with Crippen LogP contribution >= 0.6 is 11.6 Å². The molecular formula is C9H14ClN3. The maximum absolute atomic E-state index is 5.95. The molecule has 0 aromatic carbocycles. The topological polar surface area (TPSA) is 29.0 Å². The van der Waals surface area contributed by atoms with Gasteiger partial charge in [-0.3, -0.25) is 0 Å². The van der Waals surface area contributed by atoms with Gasteiger partial charge in [0.25, 0.3) is 0 Å². The highest BCUT2D eigenvalue weighted by Crippen LogP contribution is 2.16. The molecule has 72 valence electrons. The van der Waals surface area contributed by atoms with Gasteiger partial charge in [-0.25, -0.2) is 9.97 Å². The van der Waals surface area contributed by atoms with Crippen LogP contribution in [0.4, 0.5) is 0 Å². The molecule has 0 spiro atoms. The lowest BCUT2D eigenvalue weighted by molar-refractivity contribution is 0.389. The summed E-state index contributed by atoms with van der Waals surface area (Å²) in [5.41, 5.74) is 1.71. The molecule has 13 heavy (non-hydrogen) atoms. The van der Waals surface area contributed by atoms with Crippen LogP contribution in [0.2, 0.25) is 5.02 Å². The van der Waals surface area contributed by atoms with Gasteiger partial charge in [0.15, 0.2) is 0 Å². The summed E-state index contributed by atoms with van der Waals surface area (Å²) in [7, 11) is 3.98. The van der Waals surface area contributed by atoms with Crippen molar-refractivity contribution in [2.75, 3.05) is 14.1 Å². The summed E-state index contributed by atoms with van der Waals surface area (Å²) in [5.74, 6) is 0.824. The molecule has 0 atom stereocenters. The molecule has 0 unspecified atom stereocenters. The van der Waals surface area contributed by atoms with Crippen LogP contribution in [-0.2, 0) is 6.54 Å². The normalized spacial score (nSPS) is 10.9. The van der Waals surface area contributed by atoms with Crippen LogP contribution in [0.1, 0.15) is 17.2 Å². The van der Waals surface area contributed by atoms with Gasteiger partial charge in [0.05, 0.1) is 23.0 Å². The molecule has 1 aromatic heterocycles. The zero-order chi connectivity index (χ0) is 10.0. The van der Waals surface area contributed by atoms with E-state index in [0.717, 1.165) is 23.8 Å². The second kappa shape index (κ2) is 4.03. The Morgan fingerprint density at radius 1 is 1.15 bits per heavy atom. The molecule has 0 N–H and O–H groups in total. The maximum atomic E-state index is 5.95. The van der Waals surface area contributed by atoms with Gasteiger partial charge in [-0.1, -0.05) is 11.6 Å².